The van der Waals surface area contributed by atoms with E-state index in [-0.39, 0.29) is 11.1 Å². The summed E-state index contributed by atoms with van der Waals surface area (Å²) in [6, 6.07) is 13.5. The fraction of sp³-hybridized carbons (Fsp3) is 0.167. The minimum atomic E-state index is -5.25. The van der Waals surface area contributed by atoms with E-state index >= 15 is 0 Å². The second-order valence-corrected chi connectivity index (χ2v) is 7.24. The molecule has 0 saturated heterocycles. The molecule has 0 spiro atoms. The Labute approximate surface area is 173 Å². The maximum atomic E-state index is 14.9. The molecule has 4 aromatic rings. The standard InChI is InChI=1S/C24H16F6O/c1-2-3-13-4-7-17-14(8-13)5-6-15-9-19(20(25)12-18(15)17)16-10-21(26)23(22(27)11-16)31-24(28,29)30/h4-12H,2-3H2,1H3. The van der Waals surface area contributed by atoms with E-state index < -0.39 is 29.6 Å². The Balaban J connectivity index is 1.82. The molecule has 0 heterocycles. The Morgan fingerprint density at radius 1 is 0.742 bits per heavy atom. The van der Waals surface area contributed by atoms with Gasteiger partial charge in [-0.15, -0.1) is 13.2 Å². The van der Waals surface area contributed by atoms with E-state index in [0.717, 1.165) is 23.6 Å². The van der Waals surface area contributed by atoms with Crippen molar-refractivity contribution in [2.75, 3.05) is 0 Å². The molecule has 0 aliphatic carbocycles. The van der Waals surface area contributed by atoms with Crippen LogP contribution in [0.15, 0.2) is 54.6 Å². The van der Waals surface area contributed by atoms with E-state index in [1.165, 1.54) is 17.7 Å². The fourth-order valence-electron chi connectivity index (χ4n) is 3.73. The predicted molar refractivity (Wildman–Crippen MR) is 107 cm³/mol. The summed E-state index contributed by atoms with van der Waals surface area (Å²) in [4.78, 5) is 0. The van der Waals surface area contributed by atoms with E-state index in [1.54, 1.807) is 6.07 Å². The van der Waals surface area contributed by atoms with Crippen LogP contribution in [0.1, 0.15) is 18.9 Å². The van der Waals surface area contributed by atoms with E-state index in [2.05, 4.69) is 11.7 Å². The molecule has 0 aliphatic heterocycles. The van der Waals surface area contributed by atoms with Crippen LogP contribution >= 0.6 is 0 Å². The van der Waals surface area contributed by atoms with Gasteiger partial charge in [-0.05, 0) is 63.4 Å². The third-order valence-electron chi connectivity index (χ3n) is 5.05. The third-order valence-corrected chi connectivity index (χ3v) is 5.05. The molecule has 0 saturated carbocycles. The average Bonchev–Trinajstić information content (AvgIpc) is 2.69. The van der Waals surface area contributed by atoms with Gasteiger partial charge in [-0.25, -0.2) is 13.2 Å². The average molecular weight is 434 g/mol. The van der Waals surface area contributed by atoms with Gasteiger partial charge in [0.05, 0.1) is 0 Å². The Morgan fingerprint density at radius 2 is 1.39 bits per heavy atom. The SMILES string of the molecule is CCCc1ccc2c(ccc3cc(-c4cc(F)c(OC(F)(F)F)c(F)c4)c(F)cc32)c1. The molecule has 0 N–H and O–H groups in total. The summed E-state index contributed by atoms with van der Waals surface area (Å²) in [5, 5.41) is 3.02. The molecule has 0 amide bonds. The van der Waals surface area contributed by atoms with Gasteiger partial charge in [0, 0.05) is 5.56 Å². The van der Waals surface area contributed by atoms with Gasteiger partial charge in [0.15, 0.2) is 11.6 Å². The number of aryl methyl sites for hydroxylation is 1. The van der Waals surface area contributed by atoms with Crippen molar-refractivity contribution >= 4 is 21.5 Å². The number of benzene rings is 4. The van der Waals surface area contributed by atoms with Gasteiger partial charge >= 0.3 is 6.36 Å². The Morgan fingerprint density at radius 3 is 2.00 bits per heavy atom. The highest BCUT2D eigenvalue weighted by Crippen LogP contribution is 2.36. The molecule has 4 rings (SSSR count). The number of fused-ring (bicyclic) bond motifs is 3. The smallest absolute Gasteiger partial charge is 0.399 e. The first kappa shape index (κ1) is 21.0. The van der Waals surface area contributed by atoms with Gasteiger partial charge < -0.3 is 4.74 Å². The lowest BCUT2D eigenvalue weighted by Gasteiger charge is -2.13. The second-order valence-electron chi connectivity index (χ2n) is 7.24. The number of hydrogen-bond acceptors (Lipinski definition) is 1. The molecule has 7 heteroatoms. The van der Waals surface area contributed by atoms with Crippen molar-refractivity contribution in [3.05, 3.63) is 77.6 Å². The first-order chi connectivity index (χ1) is 14.7. The van der Waals surface area contributed by atoms with Crippen molar-refractivity contribution in [1.82, 2.24) is 0 Å². The molecule has 0 atom stereocenters. The molecular weight excluding hydrogens is 418 g/mol. The topological polar surface area (TPSA) is 9.23 Å². The van der Waals surface area contributed by atoms with Gasteiger partial charge in [0.1, 0.15) is 5.82 Å². The summed E-state index contributed by atoms with van der Waals surface area (Å²) in [5.74, 6) is -5.48. The number of ether oxygens (including phenoxy) is 1. The van der Waals surface area contributed by atoms with Crippen LogP contribution in [0.5, 0.6) is 5.75 Å². The molecule has 0 unspecified atom stereocenters. The van der Waals surface area contributed by atoms with Crippen LogP contribution in [0.25, 0.3) is 32.7 Å². The van der Waals surface area contributed by atoms with Crippen molar-refractivity contribution in [3.8, 4) is 16.9 Å². The maximum absolute atomic E-state index is 14.9. The van der Waals surface area contributed by atoms with Crippen LogP contribution in [0.3, 0.4) is 0 Å². The van der Waals surface area contributed by atoms with Crippen LogP contribution < -0.4 is 4.74 Å². The van der Waals surface area contributed by atoms with Crippen LogP contribution in [0.4, 0.5) is 26.3 Å². The second kappa shape index (κ2) is 7.80. The van der Waals surface area contributed by atoms with Gasteiger partial charge in [-0.2, -0.15) is 0 Å². The summed E-state index contributed by atoms with van der Waals surface area (Å²) in [6.07, 6.45) is -3.33. The number of halogens is 6. The van der Waals surface area contributed by atoms with Crippen molar-refractivity contribution in [1.29, 1.82) is 0 Å². The summed E-state index contributed by atoms with van der Waals surface area (Å²) < 4.78 is 83.5. The Hall–Kier alpha value is -3.22. The molecule has 0 radical (unpaired) electrons. The van der Waals surface area contributed by atoms with Crippen molar-refractivity contribution in [2.24, 2.45) is 0 Å². The first-order valence-electron chi connectivity index (χ1n) is 9.56. The molecule has 0 fully saturated rings. The lowest BCUT2D eigenvalue weighted by Crippen LogP contribution is -2.19. The molecule has 31 heavy (non-hydrogen) atoms. The van der Waals surface area contributed by atoms with Crippen LogP contribution in [0, 0.1) is 17.5 Å². The zero-order chi connectivity index (χ0) is 22.3. The van der Waals surface area contributed by atoms with E-state index in [4.69, 9.17) is 0 Å². The monoisotopic (exact) mass is 434 g/mol. The third kappa shape index (κ3) is 4.17. The van der Waals surface area contributed by atoms with Gasteiger partial charge in [0.2, 0.25) is 5.75 Å². The highest BCUT2D eigenvalue weighted by molar-refractivity contribution is 6.08. The van der Waals surface area contributed by atoms with Crippen LogP contribution in [-0.2, 0) is 6.42 Å². The van der Waals surface area contributed by atoms with E-state index in [1.807, 2.05) is 24.3 Å². The molecule has 1 nitrogen and oxygen atoms in total. The Bertz CT molecular complexity index is 1270. The van der Waals surface area contributed by atoms with Gasteiger partial charge in [-0.3, -0.25) is 0 Å². The molecule has 4 aromatic carbocycles. The number of alkyl halides is 3. The molecule has 0 aliphatic rings. The predicted octanol–water partition coefficient (Wildman–Crippen LogP) is 7.93. The Kier molecular flexibility index (Phi) is 5.29. The van der Waals surface area contributed by atoms with Crippen molar-refractivity contribution in [2.45, 2.75) is 26.1 Å². The lowest BCUT2D eigenvalue weighted by molar-refractivity contribution is -0.276. The highest BCUT2D eigenvalue weighted by Gasteiger charge is 2.34. The normalized spacial score (nSPS) is 12.0. The summed E-state index contributed by atoms with van der Waals surface area (Å²) in [7, 11) is 0. The van der Waals surface area contributed by atoms with Crippen molar-refractivity contribution in [3.63, 3.8) is 0 Å². The summed E-state index contributed by atoms with van der Waals surface area (Å²) in [5.41, 5.74) is 0.798. The zero-order valence-corrected chi connectivity index (χ0v) is 16.3. The van der Waals surface area contributed by atoms with Gasteiger partial charge in [0.25, 0.3) is 0 Å². The van der Waals surface area contributed by atoms with Gasteiger partial charge in [-0.1, -0.05) is 43.7 Å². The fourth-order valence-corrected chi connectivity index (χ4v) is 3.73. The molecule has 160 valence electrons. The minimum absolute atomic E-state index is 0.134. The maximum Gasteiger partial charge on any atom is 0.573 e. The highest BCUT2D eigenvalue weighted by atomic mass is 19.4. The first-order valence-corrected chi connectivity index (χ1v) is 9.56. The largest absolute Gasteiger partial charge is 0.573 e. The van der Waals surface area contributed by atoms with Crippen LogP contribution in [-0.4, -0.2) is 6.36 Å². The van der Waals surface area contributed by atoms with Crippen LogP contribution in [0.2, 0.25) is 0 Å². The zero-order valence-electron chi connectivity index (χ0n) is 16.3. The molecule has 0 bridgehead atoms. The number of hydrogen-bond donors (Lipinski definition) is 0. The molecular formula is C24H16F6O. The summed E-state index contributed by atoms with van der Waals surface area (Å²) in [6.45, 7) is 2.08. The van der Waals surface area contributed by atoms with E-state index in [9.17, 15) is 26.3 Å². The quantitative estimate of drug-likeness (QED) is 0.234. The lowest BCUT2D eigenvalue weighted by atomic mass is 9.95. The summed E-state index contributed by atoms with van der Waals surface area (Å²) >= 11 is 0. The minimum Gasteiger partial charge on any atom is -0.399 e. The van der Waals surface area contributed by atoms with E-state index in [0.29, 0.717) is 22.9 Å². The van der Waals surface area contributed by atoms with Crippen molar-refractivity contribution < 1.29 is 31.1 Å². The molecule has 0 aromatic heterocycles. The number of rotatable bonds is 4.